The topological polar surface area (TPSA) is 113 Å². The van der Waals surface area contributed by atoms with E-state index in [-0.39, 0.29) is 24.9 Å². The second-order valence-electron chi connectivity index (χ2n) is 5.82. The summed E-state index contributed by atoms with van der Waals surface area (Å²) >= 11 is 1.14. The molecule has 0 spiro atoms. The minimum absolute atomic E-state index is 0.0471. The number of ether oxygens (including phenoxy) is 2. The predicted molar refractivity (Wildman–Crippen MR) is 100 cm³/mol. The summed E-state index contributed by atoms with van der Waals surface area (Å²) in [4.78, 5) is 25.6. The number of carbonyl (C=O) groups excluding carboxylic acids is 2. The molecule has 0 aliphatic rings. The van der Waals surface area contributed by atoms with Gasteiger partial charge in [-0.05, 0) is 38.5 Å². The molecule has 0 radical (unpaired) electrons. The third kappa shape index (κ3) is 2.80. The van der Waals surface area contributed by atoms with Crippen molar-refractivity contribution in [3.8, 4) is 0 Å². The van der Waals surface area contributed by atoms with Crippen LogP contribution in [0.1, 0.15) is 40.6 Å². The van der Waals surface area contributed by atoms with Crippen LogP contribution < -0.4 is 0 Å². The summed E-state index contributed by atoms with van der Waals surface area (Å²) in [5.74, 6) is -1.08. The molecule has 0 saturated heterocycles. The van der Waals surface area contributed by atoms with Gasteiger partial charge < -0.3 is 9.47 Å². The van der Waals surface area contributed by atoms with Gasteiger partial charge in [0.05, 0.1) is 24.2 Å². The van der Waals surface area contributed by atoms with Crippen molar-refractivity contribution in [1.82, 2.24) is 29.2 Å². The van der Waals surface area contributed by atoms with E-state index < -0.39 is 11.9 Å². The molecule has 0 bridgehead atoms. The van der Waals surface area contributed by atoms with Gasteiger partial charge in [0.2, 0.25) is 21.6 Å². The highest BCUT2D eigenvalue weighted by molar-refractivity contribution is 7.21. The molecule has 0 unspecified atom stereocenters. The van der Waals surface area contributed by atoms with Gasteiger partial charge in [-0.1, -0.05) is 17.4 Å². The van der Waals surface area contributed by atoms with E-state index in [1.54, 1.807) is 22.6 Å². The lowest BCUT2D eigenvalue weighted by molar-refractivity contribution is 0.0501. The molecule has 0 amide bonds. The zero-order chi connectivity index (χ0) is 19.8. The van der Waals surface area contributed by atoms with Crippen molar-refractivity contribution in [3.63, 3.8) is 0 Å². The molecule has 3 aromatic heterocycles. The predicted octanol–water partition coefficient (Wildman–Crippen LogP) is 2.21. The van der Waals surface area contributed by atoms with Crippen LogP contribution >= 0.6 is 11.3 Å². The fourth-order valence-electron chi connectivity index (χ4n) is 2.85. The maximum Gasteiger partial charge on any atom is 0.376 e. The van der Waals surface area contributed by atoms with E-state index in [0.717, 1.165) is 16.9 Å². The number of esters is 2. The average molecular weight is 400 g/mol. The maximum atomic E-state index is 12.4. The Kier molecular flexibility index (Phi) is 4.51. The smallest absolute Gasteiger partial charge is 0.376 e. The molecule has 144 valence electrons. The fourth-order valence-corrected chi connectivity index (χ4v) is 3.72. The van der Waals surface area contributed by atoms with Gasteiger partial charge >= 0.3 is 11.9 Å². The summed E-state index contributed by atoms with van der Waals surface area (Å²) in [5, 5.41) is 16.2. The van der Waals surface area contributed by atoms with Gasteiger partial charge in [-0.3, -0.25) is 8.80 Å². The van der Waals surface area contributed by atoms with Crippen molar-refractivity contribution < 1.29 is 19.1 Å². The van der Waals surface area contributed by atoms with Crippen LogP contribution in [-0.2, 0) is 9.47 Å². The highest BCUT2D eigenvalue weighted by Gasteiger charge is 2.22. The molecule has 3 heterocycles. The molecule has 0 N–H and O–H groups in total. The first kappa shape index (κ1) is 18.0. The van der Waals surface area contributed by atoms with Gasteiger partial charge in [-0.2, -0.15) is 0 Å². The molecular formula is C17H16N6O4S. The van der Waals surface area contributed by atoms with Gasteiger partial charge in [0, 0.05) is 0 Å². The number of carbonyl (C=O) groups is 2. The molecule has 0 atom stereocenters. The molecule has 0 aliphatic carbocycles. The van der Waals surface area contributed by atoms with Crippen molar-refractivity contribution in [3.05, 3.63) is 35.4 Å². The van der Waals surface area contributed by atoms with E-state index in [2.05, 4.69) is 20.4 Å². The molecule has 10 nitrogen and oxygen atoms in total. The first-order valence-electron chi connectivity index (χ1n) is 8.59. The lowest BCUT2D eigenvalue weighted by Crippen LogP contribution is -2.11. The molecule has 28 heavy (non-hydrogen) atoms. The Bertz CT molecular complexity index is 1260. The Hall–Kier alpha value is -3.34. The third-order valence-corrected chi connectivity index (χ3v) is 4.87. The van der Waals surface area contributed by atoms with Crippen LogP contribution in [-0.4, -0.2) is 54.3 Å². The van der Waals surface area contributed by atoms with Crippen LogP contribution in [0.5, 0.6) is 0 Å². The highest BCUT2D eigenvalue weighted by Crippen LogP contribution is 2.24. The van der Waals surface area contributed by atoms with Crippen molar-refractivity contribution in [2.24, 2.45) is 0 Å². The standard InChI is InChI=1S/C17H16N6O4S/c1-4-26-14(24)12-18-20-16-22(12)10-7-6-9(3)8-11(10)23-13(15(25)27-5-2)19-21-17(23)28-16/h6-8H,4-5H2,1-3H3. The van der Waals surface area contributed by atoms with Gasteiger partial charge in [0.15, 0.2) is 0 Å². The molecule has 0 saturated carbocycles. The van der Waals surface area contributed by atoms with E-state index in [0.29, 0.717) is 21.0 Å². The summed E-state index contributed by atoms with van der Waals surface area (Å²) in [6, 6.07) is 5.59. The summed E-state index contributed by atoms with van der Waals surface area (Å²) < 4.78 is 13.4. The van der Waals surface area contributed by atoms with Gasteiger partial charge in [-0.15, -0.1) is 20.4 Å². The first-order chi connectivity index (χ1) is 13.5. The lowest BCUT2D eigenvalue weighted by Gasteiger charge is -2.04. The van der Waals surface area contributed by atoms with Crippen molar-refractivity contribution in [2.75, 3.05) is 13.2 Å². The number of rotatable bonds is 4. The minimum atomic E-state index is -0.586. The minimum Gasteiger partial charge on any atom is -0.460 e. The van der Waals surface area contributed by atoms with Crippen molar-refractivity contribution in [2.45, 2.75) is 20.8 Å². The van der Waals surface area contributed by atoms with E-state index in [1.165, 1.54) is 0 Å². The SMILES string of the molecule is CCOC(=O)c1nnc2sc3nnc(C(=O)OCC)n3c3cc(C)ccc3n12. The molecule has 4 aromatic rings. The third-order valence-electron chi connectivity index (χ3n) is 3.98. The van der Waals surface area contributed by atoms with Gasteiger partial charge in [-0.25, -0.2) is 9.59 Å². The molecule has 4 rings (SSSR count). The fraction of sp³-hybridized carbons (Fsp3) is 0.294. The zero-order valence-electron chi connectivity index (χ0n) is 15.4. The molecule has 11 heteroatoms. The summed E-state index contributed by atoms with van der Waals surface area (Å²) in [6.45, 7) is 5.79. The second kappa shape index (κ2) is 7.00. The average Bonchev–Trinajstić information content (AvgIpc) is 3.24. The highest BCUT2D eigenvalue weighted by atomic mass is 32.1. The Morgan fingerprint density at radius 1 is 0.893 bits per heavy atom. The number of fused-ring (bicyclic) bond motifs is 5. The van der Waals surface area contributed by atoms with Crippen LogP contribution in [0.15, 0.2) is 18.2 Å². The number of aromatic nitrogens is 6. The number of hydrogen-bond donors (Lipinski definition) is 0. The monoisotopic (exact) mass is 400 g/mol. The molecule has 1 aromatic carbocycles. The number of hydrogen-bond acceptors (Lipinski definition) is 9. The number of aryl methyl sites for hydroxylation is 1. The van der Waals surface area contributed by atoms with Crippen LogP contribution in [0.3, 0.4) is 0 Å². The lowest BCUT2D eigenvalue weighted by atomic mass is 10.2. The Morgan fingerprint density at radius 2 is 1.43 bits per heavy atom. The van der Waals surface area contributed by atoms with Crippen LogP contribution in [0, 0.1) is 6.92 Å². The van der Waals surface area contributed by atoms with E-state index >= 15 is 0 Å². The molecular weight excluding hydrogens is 384 g/mol. The second-order valence-corrected chi connectivity index (χ2v) is 6.75. The first-order valence-corrected chi connectivity index (χ1v) is 9.41. The van der Waals surface area contributed by atoms with Crippen molar-refractivity contribution >= 4 is 44.2 Å². The van der Waals surface area contributed by atoms with Crippen LogP contribution in [0.25, 0.3) is 21.0 Å². The van der Waals surface area contributed by atoms with E-state index in [1.807, 2.05) is 25.1 Å². The Labute approximate surface area is 162 Å². The largest absolute Gasteiger partial charge is 0.460 e. The Morgan fingerprint density at radius 3 is 1.96 bits per heavy atom. The summed E-state index contributed by atoms with van der Waals surface area (Å²) in [6.07, 6.45) is 0. The number of nitrogens with zero attached hydrogens (tertiary/aromatic N) is 6. The van der Waals surface area contributed by atoms with Crippen molar-refractivity contribution in [1.29, 1.82) is 0 Å². The van der Waals surface area contributed by atoms with E-state index in [4.69, 9.17) is 9.47 Å². The summed E-state index contributed by atoms with van der Waals surface area (Å²) in [5.41, 5.74) is 2.16. The Balaban J connectivity index is 2.17. The van der Waals surface area contributed by atoms with E-state index in [9.17, 15) is 9.59 Å². The normalized spacial score (nSPS) is 11.2. The van der Waals surface area contributed by atoms with Crippen LogP contribution in [0.4, 0.5) is 0 Å². The van der Waals surface area contributed by atoms with Crippen LogP contribution in [0.2, 0.25) is 0 Å². The number of benzene rings is 1. The van der Waals surface area contributed by atoms with Gasteiger partial charge in [0.25, 0.3) is 0 Å². The molecule has 0 aliphatic heterocycles. The quantitative estimate of drug-likeness (QED) is 0.479. The van der Waals surface area contributed by atoms with Gasteiger partial charge in [0.1, 0.15) is 0 Å². The maximum absolute atomic E-state index is 12.4. The zero-order valence-corrected chi connectivity index (χ0v) is 16.2. The summed E-state index contributed by atoms with van der Waals surface area (Å²) in [7, 11) is 0. The molecule has 0 fully saturated rings.